The molecule has 1 aliphatic rings. The Labute approximate surface area is 103 Å². The van der Waals surface area contributed by atoms with Gasteiger partial charge in [0.25, 0.3) is 0 Å². The molecule has 2 heterocycles. The van der Waals surface area contributed by atoms with Crippen LogP contribution >= 0.6 is 0 Å². The van der Waals surface area contributed by atoms with Crippen LogP contribution in [-0.4, -0.2) is 36.4 Å². The number of rotatable bonds is 5. The third-order valence-corrected chi connectivity index (χ3v) is 3.52. The van der Waals surface area contributed by atoms with Gasteiger partial charge in [0.2, 0.25) is 0 Å². The highest BCUT2D eigenvalue weighted by Crippen LogP contribution is 2.25. The van der Waals surface area contributed by atoms with E-state index in [4.69, 9.17) is 4.74 Å². The third kappa shape index (κ3) is 3.07. The van der Waals surface area contributed by atoms with E-state index in [1.807, 2.05) is 6.20 Å². The number of piperidine rings is 1. The number of aryl methyl sites for hydroxylation is 1. The number of nitrogens with one attached hydrogen (secondary N) is 1. The van der Waals surface area contributed by atoms with Gasteiger partial charge in [-0.3, -0.25) is 0 Å². The highest BCUT2D eigenvalue weighted by Gasteiger charge is 2.20. The van der Waals surface area contributed by atoms with Gasteiger partial charge in [-0.05, 0) is 39.3 Å². The zero-order chi connectivity index (χ0) is 12.1. The second-order valence-electron chi connectivity index (χ2n) is 4.78. The van der Waals surface area contributed by atoms with Crippen LogP contribution in [0.4, 0.5) is 0 Å². The molecule has 0 aliphatic carbocycles. The fourth-order valence-electron chi connectivity index (χ4n) is 2.54. The summed E-state index contributed by atoms with van der Waals surface area (Å²) in [5.41, 5.74) is 1.27. The Morgan fingerprint density at radius 3 is 2.94 bits per heavy atom. The van der Waals surface area contributed by atoms with Crippen LogP contribution in [0.2, 0.25) is 0 Å². The summed E-state index contributed by atoms with van der Waals surface area (Å²) in [4.78, 5) is 4.61. The summed E-state index contributed by atoms with van der Waals surface area (Å²) in [7, 11) is 1.76. The van der Waals surface area contributed by atoms with Crippen molar-refractivity contribution in [2.75, 3.05) is 26.8 Å². The highest BCUT2D eigenvalue weighted by molar-refractivity contribution is 5.09. The minimum absolute atomic E-state index is 0.632. The summed E-state index contributed by atoms with van der Waals surface area (Å²) < 4.78 is 7.49. The zero-order valence-corrected chi connectivity index (χ0v) is 10.9. The lowest BCUT2D eigenvalue weighted by Gasteiger charge is -2.23. The highest BCUT2D eigenvalue weighted by atomic mass is 16.5. The summed E-state index contributed by atoms with van der Waals surface area (Å²) in [5, 5.41) is 3.41. The van der Waals surface area contributed by atoms with Gasteiger partial charge in [-0.25, -0.2) is 4.98 Å². The Morgan fingerprint density at radius 2 is 2.24 bits per heavy atom. The molecule has 0 unspecified atom stereocenters. The molecule has 17 heavy (non-hydrogen) atoms. The van der Waals surface area contributed by atoms with Crippen molar-refractivity contribution >= 4 is 0 Å². The van der Waals surface area contributed by atoms with Gasteiger partial charge in [0.15, 0.2) is 0 Å². The molecule has 1 aliphatic heterocycles. The van der Waals surface area contributed by atoms with Crippen molar-refractivity contribution in [3.63, 3.8) is 0 Å². The molecule has 4 nitrogen and oxygen atoms in total. The van der Waals surface area contributed by atoms with E-state index in [1.165, 1.54) is 24.4 Å². The van der Waals surface area contributed by atoms with Crippen LogP contribution in [0.15, 0.2) is 6.20 Å². The van der Waals surface area contributed by atoms with E-state index < -0.39 is 0 Å². The van der Waals surface area contributed by atoms with E-state index in [9.17, 15) is 0 Å². The van der Waals surface area contributed by atoms with E-state index >= 15 is 0 Å². The maximum atomic E-state index is 5.12. The first kappa shape index (κ1) is 12.6. The molecule has 0 saturated carbocycles. The van der Waals surface area contributed by atoms with Gasteiger partial charge in [-0.2, -0.15) is 0 Å². The van der Waals surface area contributed by atoms with Crippen molar-refractivity contribution in [3.8, 4) is 0 Å². The van der Waals surface area contributed by atoms with E-state index in [-0.39, 0.29) is 0 Å². The molecule has 1 saturated heterocycles. The van der Waals surface area contributed by atoms with E-state index in [0.29, 0.717) is 5.92 Å². The normalized spacial score (nSPS) is 17.5. The molecule has 1 aromatic rings. The molecule has 0 aromatic carbocycles. The lowest BCUT2D eigenvalue weighted by atomic mass is 9.97. The van der Waals surface area contributed by atoms with E-state index in [2.05, 4.69) is 21.8 Å². The Balaban J connectivity index is 2.04. The minimum Gasteiger partial charge on any atom is -0.385 e. The minimum atomic E-state index is 0.632. The lowest BCUT2D eigenvalue weighted by molar-refractivity contribution is 0.189. The molecular weight excluding hydrogens is 214 g/mol. The number of nitrogens with zero attached hydrogens (tertiary/aromatic N) is 2. The van der Waals surface area contributed by atoms with Crippen molar-refractivity contribution in [1.82, 2.24) is 14.9 Å². The molecule has 0 spiro atoms. The smallest absolute Gasteiger partial charge is 0.112 e. The SMILES string of the molecule is COCCCn1c(C)cnc1C1CCNCC1. The van der Waals surface area contributed by atoms with Gasteiger partial charge in [0.05, 0.1) is 0 Å². The van der Waals surface area contributed by atoms with Crippen molar-refractivity contribution in [3.05, 3.63) is 17.7 Å². The number of imidazole rings is 1. The van der Waals surface area contributed by atoms with Crippen molar-refractivity contribution < 1.29 is 4.74 Å². The maximum Gasteiger partial charge on any atom is 0.112 e. The first-order valence-electron chi connectivity index (χ1n) is 6.54. The summed E-state index contributed by atoms with van der Waals surface area (Å²) in [6.45, 7) is 6.23. The Bertz CT molecular complexity index is 342. The van der Waals surface area contributed by atoms with Gasteiger partial charge in [0.1, 0.15) is 5.82 Å². The molecule has 1 fully saturated rings. The average Bonchev–Trinajstić information content (AvgIpc) is 2.73. The first-order valence-corrected chi connectivity index (χ1v) is 6.54. The molecule has 0 atom stereocenters. The van der Waals surface area contributed by atoms with Gasteiger partial charge in [-0.1, -0.05) is 0 Å². The lowest BCUT2D eigenvalue weighted by Crippen LogP contribution is -2.28. The summed E-state index contributed by atoms with van der Waals surface area (Å²) in [5.74, 6) is 1.91. The monoisotopic (exact) mass is 237 g/mol. The van der Waals surface area contributed by atoms with Crippen LogP contribution in [0.25, 0.3) is 0 Å². The Hall–Kier alpha value is -0.870. The van der Waals surface area contributed by atoms with E-state index in [0.717, 1.165) is 32.7 Å². The standard InChI is InChI=1S/C13H23N3O/c1-11-10-15-13(12-4-6-14-7-5-12)16(11)8-3-9-17-2/h10,12,14H,3-9H2,1-2H3. The van der Waals surface area contributed by atoms with Crippen LogP contribution in [0, 0.1) is 6.92 Å². The number of ether oxygens (including phenoxy) is 1. The molecule has 0 radical (unpaired) electrons. The first-order chi connectivity index (χ1) is 8.33. The fourth-order valence-corrected chi connectivity index (χ4v) is 2.54. The average molecular weight is 237 g/mol. The van der Waals surface area contributed by atoms with Crippen molar-refractivity contribution in [2.45, 2.75) is 38.6 Å². The molecule has 4 heteroatoms. The number of hydrogen-bond donors (Lipinski definition) is 1. The van der Waals surface area contributed by atoms with Gasteiger partial charge >= 0.3 is 0 Å². The summed E-state index contributed by atoms with van der Waals surface area (Å²) in [6, 6.07) is 0. The molecule has 0 bridgehead atoms. The molecular formula is C13H23N3O. The third-order valence-electron chi connectivity index (χ3n) is 3.52. The van der Waals surface area contributed by atoms with Crippen LogP contribution in [0.3, 0.4) is 0 Å². The number of methoxy groups -OCH3 is 1. The predicted molar refractivity (Wildman–Crippen MR) is 68.3 cm³/mol. The van der Waals surface area contributed by atoms with Gasteiger partial charge < -0.3 is 14.6 Å². The molecule has 2 rings (SSSR count). The summed E-state index contributed by atoms with van der Waals surface area (Å²) in [6.07, 6.45) is 5.48. The van der Waals surface area contributed by atoms with Gasteiger partial charge in [0, 0.05) is 38.1 Å². The van der Waals surface area contributed by atoms with Gasteiger partial charge in [-0.15, -0.1) is 0 Å². The van der Waals surface area contributed by atoms with Crippen LogP contribution in [0.1, 0.15) is 36.7 Å². The molecule has 1 aromatic heterocycles. The largest absolute Gasteiger partial charge is 0.385 e. The molecule has 0 amide bonds. The van der Waals surface area contributed by atoms with E-state index in [1.54, 1.807) is 7.11 Å². The second-order valence-corrected chi connectivity index (χ2v) is 4.78. The molecule has 1 N–H and O–H groups in total. The second kappa shape index (κ2) is 6.17. The Kier molecular flexibility index (Phi) is 4.57. The van der Waals surface area contributed by atoms with Crippen LogP contribution < -0.4 is 5.32 Å². The quantitative estimate of drug-likeness (QED) is 0.792. The fraction of sp³-hybridized carbons (Fsp3) is 0.769. The topological polar surface area (TPSA) is 39.1 Å². The molecule has 96 valence electrons. The van der Waals surface area contributed by atoms with Crippen LogP contribution in [-0.2, 0) is 11.3 Å². The summed E-state index contributed by atoms with van der Waals surface area (Å²) >= 11 is 0. The maximum absolute atomic E-state index is 5.12. The zero-order valence-electron chi connectivity index (χ0n) is 10.9. The van der Waals surface area contributed by atoms with Crippen LogP contribution in [0.5, 0.6) is 0 Å². The number of hydrogen-bond acceptors (Lipinski definition) is 3. The predicted octanol–water partition coefficient (Wildman–Crippen LogP) is 1.70. The Morgan fingerprint density at radius 1 is 1.47 bits per heavy atom. The number of aromatic nitrogens is 2. The van der Waals surface area contributed by atoms with Crippen molar-refractivity contribution in [2.24, 2.45) is 0 Å². The van der Waals surface area contributed by atoms with Crippen molar-refractivity contribution in [1.29, 1.82) is 0 Å².